The van der Waals surface area contributed by atoms with E-state index in [1.165, 1.54) is 7.11 Å². The maximum atomic E-state index is 11.1. The number of unbranched alkanes of at least 4 members (excludes halogenated alkanes) is 5. The smallest absolute Gasteiger partial charge is 0.305 e. The second-order valence-electron chi connectivity index (χ2n) is 8.88. The van der Waals surface area contributed by atoms with E-state index in [1.54, 1.807) is 0 Å². The van der Waals surface area contributed by atoms with Gasteiger partial charge in [0.1, 0.15) is 48.8 Å². The Hall–Kier alpha value is -0.970. The second kappa shape index (κ2) is 15.3. The first-order valence-corrected chi connectivity index (χ1v) is 12.1. The van der Waals surface area contributed by atoms with Gasteiger partial charge in [-0.1, -0.05) is 25.7 Å². The summed E-state index contributed by atoms with van der Waals surface area (Å²) in [4.78, 5) is 11.1. The van der Waals surface area contributed by atoms with Crippen molar-refractivity contribution in [3.05, 3.63) is 0 Å². The van der Waals surface area contributed by atoms with Crippen molar-refractivity contribution in [1.82, 2.24) is 0 Å². The zero-order valence-corrected chi connectivity index (χ0v) is 20.1. The molecule has 8 N–H and O–H groups in total. The van der Waals surface area contributed by atoms with Gasteiger partial charge in [-0.2, -0.15) is 0 Å². The molecule has 0 aromatic carbocycles. The zero-order chi connectivity index (χ0) is 26.0. The highest BCUT2D eigenvalue weighted by atomic mass is 16.8. The Labute approximate surface area is 204 Å². The number of hydrogen-bond donors (Lipinski definition) is 7. The van der Waals surface area contributed by atoms with Crippen molar-refractivity contribution in [2.75, 3.05) is 26.9 Å². The van der Waals surface area contributed by atoms with E-state index in [4.69, 9.17) is 24.7 Å². The molecule has 13 nitrogen and oxygen atoms in total. The predicted octanol–water partition coefficient (Wildman–Crippen LogP) is -2.50. The van der Waals surface area contributed by atoms with Gasteiger partial charge < -0.3 is 60.1 Å². The first-order chi connectivity index (χ1) is 16.7. The van der Waals surface area contributed by atoms with Gasteiger partial charge in [0.05, 0.1) is 13.7 Å². The normalized spacial score (nSPS) is 37.8. The summed E-state index contributed by atoms with van der Waals surface area (Å²) in [6, 6.07) is 0. The third-order valence-corrected chi connectivity index (χ3v) is 6.30. The number of methoxy groups -OCH3 is 1. The zero-order valence-electron chi connectivity index (χ0n) is 20.1. The van der Waals surface area contributed by atoms with Gasteiger partial charge >= 0.3 is 5.97 Å². The third-order valence-electron chi connectivity index (χ3n) is 6.30. The van der Waals surface area contributed by atoms with E-state index in [9.17, 15) is 35.4 Å². The number of aliphatic hydroxyl groups excluding tert-OH is 6. The molecule has 0 saturated carbocycles. The summed E-state index contributed by atoms with van der Waals surface area (Å²) in [6.07, 6.45) is -8.45. The Balaban J connectivity index is 1.86. The van der Waals surface area contributed by atoms with Gasteiger partial charge in [0.15, 0.2) is 12.6 Å². The topological polar surface area (TPSA) is 211 Å². The molecule has 35 heavy (non-hydrogen) atoms. The van der Waals surface area contributed by atoms with Crippen LogP contribution in [0, 0.1) is 0 Å². The number of esters is 1. The number of rotatable bonds is 14. The molecule has 0 aromatic heterocycles. The van der Waals surface area contributed by atoms with Gasteiger partial charge in [0.25, 0.3) is 0 Å². The molecule has 2 aliphatic heterocycles. The standard InChI is InChI=1S/C22H41NO12/c1-31-14(25)8-6-4-2-3-5-7-9-32-22-20(18(29)16(27)13(11-24)34-22)35-21-19(30)17(28)15(26)12(10-23)33-21/h12-13,15-22,24,26-30H,2-11,23H2,1H3/t12-,13-,15-,16-,17+,18+,19-,20-,21+,22+/m1/s1. The summed E-state index contributed by atoms with van der Waals surface area (Å²) in [5.74, 6) is -0.216. The minimum absolute atomic E-state index is 0.160. The van der Waals surface area contributed by atoms with Crippen LogP contribution in [-0.2, 0) is 28.5 Å². The summed E-state index contributed by atoms with van der Waals surface area (Å²) in [6.45, 7) is -0.500. The largest absolute Gasteiger partial charge is 0.469 e. The summed E-state index contributed by atoms with van der Waals surface area (Å²) >= 11 is 0. The fraction of sp³-hybridized carbons (Fsp3) is 0.955. The highest BCUT2D eigenvalue weighted by Gasteiger charge is 2.50. The van der Waals surface area contributed by atoms with Crippen molar-refractivity contribution in [1.29, 1.82) is 0 Å². The van der Waals surface area contributed by atoms with Gasteiger partial charge in [-0.3, -0.25) is 4.79 Å². The lowest BCUT2D eigenvalue weighted by Crippen LogP contribution is -2.65. The average Bonchev–Trinajstić information content (AvgIpc) is 2.86. The summed E-state index contributed by atoms with van der Waals surface area (Å²) < 4.78 is 27.0. The van der Waals surface area contributed by atoms with Gasteiger partial charge in [-0.15, -0.1) is 0 Å². The van der Waals surface area contributed by atoms with Crippen molar-refractivity contribution in [3.63, 3.8) is 0 Å². The van der Waals surface area contributed by atoms with E-state index in [2.05, 4.69) is 4.74 Å². The maximum absolute atomic E-state index is 11.1. The first-order valence-electron chi connectivity index (χ1n) is 12.1. The Bertz CT molecular complexity index is 611. The van der Waals surface area contributed by atoms with Crippen molar-refractivity contribution in [2.45, 2.75) is 106 Å². The Morgan fingerprint density at radius 2 is 1.40 bits per heavy atom. The van der Waals surface area contributed by atoms with Gasteiger partial charge in [-0.05, 0) is 12.8 Å². The molecule has 0 amide bonds. The number of ether oxygens (including phenoxy) is 5. The molecule has 0 aliphatic carbocycles. The minimum atomic E-state index is -1.66. The summed E-state index contributed by atoms with van der Waals surface area (Å²) in [7, 11) is 1.37. The van der Waals surface area contributed by atoms with Crippen LogP contribution >= 0.6 is 0 Å². The molecule has 2 fully saturated rings. The number of nitrogens with two attached hydrogens (primary N) is 1. The van der Waals surface area contributed by atoms with Crippen LogP contribution < -0.4 is 5.73 Å². The molecule has 0 aromatic rings. The van der Waals surface area contributed by atoms with Crippen LogP contribution in [0.1, 0.15) is 44.9 Å². The fourth-order valence-electron chi connectivity index (χ4n) is 4.09. The molecule has 0 unspecified atom stereocenters. The third kappa shape index (κ3) is 8.54. The van der Waals surface area contributed by atoms with Crippen LogP contribution in [-0.4, -0.2) is 125 Å². The molecule has 0 spiro atoms. The molecule has 2 aliphatic rings. The van der Waals surface area contributed by atoms with Gasteiger partial charge in [-0.25, -0.2) is 0 Å². The quantitative estimate of drug-likeness (QED) is 0.0950. The molecule has 2 heterocycles. The van der Waals surface area contributed by atoms with Crippen LogP contribution in [0.5, 0.6) is 0 Å². The van der Waals surface area contributed by atoms with Crippen LogP contribution in [0.15, 0.2) is 0 Å². The second-order valence-corrected chi connectivity index (χ2v) is 8.88. The maximum Gasteiger partial charge on any atom is 0.305 e. The first kappa shape index (κ1) is 30.3. The van der Waals surface area contributed by atoms with Crippen molar-refractivity contribution in [3.8, 4) is 0 Å². The highest BCUT2D eigenvalue weighted by molar-refractivity contribution is 5.68. The van der Waals surface area contributed by atoms with Crippen molar-refractivity contribution >= 4 is 5.97 Å². The lowest BCUT2D eigenvalue weighted by molar-refractivity contribution is -0.365. The summed E-state index contributed by atoms with van der Waals surface area (Å²) in [5, 5.41) is 60.7. The molecule has 0 bridgehead atoms. The molecular formula is C22H41NO12. The van der Waals surface area contributed by atoms with E-state index in [0.29, 0.717) is 12.8 Å². The Morgan fingerprint density at radius 3 is 2.03 bits per heavy atom. The van der Waals surface area contributed by atoms with E-state index in [-0.39, 0.29) is 19.1 Å². The van der Waals surface area contributed by atoms with E-state index < -0.39 is 68.0 Å². The Morgan fingerprint density at radius 1 is 0.800 bits per heavy atom. The van der Waals surface area contributed by atoms with Crippen molar-refractivity contribution < 1.29 is 59.1 Å². The molecule has 10 atom stereocenters. The summed E-state index contributed by atoms with van der Waals surface area (Å²) in [5.41, 5.74) is 5.54. The molecule has 206 valence electrons. The lowest BCUT2D eigenvalue weighted by atomic mass is 9.97. The monoisotopic (exact) mass is 511 g/mol. The number of aliphatic hydroxyl groups is 6. The van der Waals surface area contributed by atoms with Crippen LogP contribution in [0.2, 0.25) is 0 Å². The van der Waals surface area contributed by atoms with Gasteiger partial charge in [0, 0.05) is 19.6 Å². The van der Waals surface area contributed by atoms with E-state index >= 15 is 0 Å². The minimum Gasteiger partial charge on any atom is -0.469 e. The number of carbonyl (C=O) groups excluding carboxylic acids is 1. The molecule has 13 heteroatoms. The Kier molecular flexibility index (Phi) is 13.2. The molecule has 0 radical (unpaired) electrons. The molecule has 2 saturated heterocycles. The lowest BCUT2D eigenvalue weighted by Gasteiger charge is -2.46. The van der Waals surface area contributed by atoms with Gasteiger partial charge in [0.2, 0.25) is 0 Å². The number of carbonyl (C=O) groups is 1. The number of hydrogen-bond acceptors (Lipinski definition) is 13. The van der Waals surface area contributed by atoms with Crippen LogP contribution in [0.3, 0.4) is 0 Å². The highest BCUT2D eigenvalue weighted by Crippen LogP contribution is 2.29. The van der Waals surface area contributed by atoms with E-state index in [1.807, 2.05) is 0 Å². The van der Waals surface area contributed by atoms with Crippen LogP contribution in [0.4, 0.5) is 0 Å². The fourth-order valence-corrected chi connectivity index (χ4v) is 4.09. The van der Waals surface area contributed by atoms with Crippen LogP contribution in [0.25, 0.3) is 0 Å². The average molecular weight is 512 g/mol. The SMILES string of the molecule is COC(=O)CCCCCCCCO[C@H]1O[C@H](CO)[C@@H](O)[C@H](O)[C@H]1O[C@@H]1O[C@H](CN)[C@@H](O)[C@H](O)[C@H]1O. The molecular weight excluding hydrogens is 470 g/mol. The van der Waals surface area contributed by atoms with E-state index in [0.717, 1.165) is 32.1 Å². The molecule has 2 rings (SSSR count). The predicted molar refractivity (Wildman–Crippen MR) is 119 cm³/mol. The van der Waals surface area contributed by atoms with Crippen molar-refractivity contribution in [2.24, 2.45) is 5.73 Å².